The van der Waals surface area contributed by atoms with Crippen LogP contribution in [0, 0.1) is 0 Å². The van der Waals surface area contributed by atoms with Crippen LogP contribution >= 0.6 is 11.6 Å². The number of halogens is 1. The molecular weight excluding hydrogens is 434 g/mol. The second-order valence-corrected chi connectivity index (χ2v) is 8.63. The van der Waals surface area contributed by atoms with E-state index in [4.69, 9.17) is 11.6 Å². The van der Waals surface area contributed by atoms with Gasteiger partial charge >= 0.3 is 0 Å². The third kappa shape index (κ3) is 5.93. The van der Waals surface area contributed by atoms with Gasteiger partial charge in [-0.3, -0.25) is 9.59 Å². The van der Waals surface area contributed by atoms with Crippen molar-refractivity contribution in [2.75, 3.05) is 18.0 Å². The molecule has 1 saturated heterocycles. The highest BCUT2D eigenvalue weighted by Gasteiger charge is 2.21. The van der Waals surface area contributed by atoms with Crippen LogP contribution in [0.5, 0.6) is 0 Å². The smallest absolute Gasteiger partial charge is 0.253 e. The first-order valence-corrected chi connectivity index (χ1v) is 11.7. The Bertz CT molecular complexity index is 1100. The molecule has 4 rings (SSSR count). The van der Waals surface area contributed by atoms with Crippen molar-refractivity contribution in [3.05, 3.63) is 101 Å². The average Bonchev–Trinajstić information content (AvgIpc) is 3.38. The number of amides is 2. The van der Waals surface area contributed by atoms with Crippen molar-refractivity contribution in [1.82, 2.24) is 10.6 Å². The lowest BCUT2D eigenvalue weighted by Crippen LogP contribution is -2.34. The van der Waals surface area contributed by atoms with E-state index in [0.717, 1.165) is 24.2 Å². The lowest BCUT2D eigenvalue weighted by molar-refractivity contribution is -0.121. The van der Waals surface area contributed by atoms with Crippen molar-refractivity contribution in [2.45, 2.75) is 31.8 Å². The SMILES string of the molecule is O=C(CC(NC(=O)c1ccccc1Cl)c1ccccc1)NCc1ccccc1N1CCCC1. The molecule has 0 spiro atoms. The number of hydrogen-bond donors (Lipinski definition) is 2. The minimum Gasteiger partial charge on any atom is -0.371 e. The quantitative estimate of drug-likeness (QED) is 0.489. The monoisotopic (exact) mass is 461 g/mol. The standard InChI is InChI=1S/C27H28ClN3O2/c28-23-14-6-5-13-22(23)27(33)30-24(20-10-2-1-3-11-20)18-26(32)29-19-21-12-4-7-15-25(21)31-16-8-9-17-31/h1-7,10-15,24H,8-9,16-19H2,(H,29,32)(H,30,33). The molecule has 1 aliphatic rings. The van der Waals surface area contributed by atoms with Crippen molar-refractivity contribution in [3.8, 4) is 0 Å². The molecule has 33 heavy (non-hydrogen) atoms. The first-order valence-electron chi connectivity index (χ1n) is 11.3. The van der Waals surface area contributed by atoms with Crippen molar-refractivity contribution in [3.63, 3.8) is 0 Å². The van der Waals surface area contributed by atoms with Crippen LogP contribution in [0.2, 0.25) is 5.02 Å². The number of hydrogen-bond acceptors (Lipinski definition) is 3. The van der Waals surface area contributed by atoms with Crippen molar-refractivity contribution < 1.29 is 9.59 Å². The number of carbonyl (C=O) groups is 2. The highest BCUT2D eigenvalue weighted by Crippen LogP contribution is 2.25. The number of benzene rings is 3. The van der Waals surface area contributed by atoms with Gasteiger partial charge < -0.3 is 15.5 Å². The predicted molar refractivity (Wildman–Crippen MR) is 132 cm³/mol. The van der Waals surface area contributed by atoms with E-state index in [1.165, 1.54) is 18.5 Å². The van der Waals surface area contributed by atoms with Gasteiger partial charge in [0.1, 0.15) is 0 Å². The minimum absolute atomic E-state index is 0.125. The second-order valence-electron chi connectivity index (χ2n) is 8.22. The molecule has 1 atom stereocenters. The van der Waals surface area contributed by atoms with Crippen LogP contribution in [-0.4, -0.2) is 24.9 Å². The van der Waals surface area contributed by atoms with Gasteiger partial charge in [0.2, 0.25) is 5.91 Å². The second kappa shape index (κ2) is 11.0. The van der Waals surface area contributed by atoms with Crippen LogP contribution in [0.25, 0.3) is 0 Å². The summed E-state index contributed by atoms with van der Waals surface area (Å²) in [7, 11) is 0. The van der Waals surface area contributed by atoms with Gasteiger partial charge in [0, 0.05) is 25.3 Å². The molecule has 0 aromatic heterocycles. The first kappa shape index (κ1) is 22.9. The largest absolute Gasteiger partial charge is 0.371 e. The van der Waals surface area contributed by atoms with E-state index in [2.05, 4.69) is 27.7 Å². The first-order chi connectivity index (χ1) is 16.1. The number of carbonyl (C=O) groups excluding carboxylic acids is 2. The third-order valence-electron chi connectivity index (χ3n) is 5.93. The Labute approximate surface area is 199 Å². The molecule has 0 aliphatic carbocycles. The van der Waals surface area contributed by atoms with Gasteiger partial charge in [-0.15, -0.1) is 0 Å². The Kier molecular flexibility index (Phi) is 7.63. The molecule has 1 aliphatic heterocycles. The van der Waals surface area contributed by atoms with Crippen LogP contribution in [0.4, 0.5) is 5.69 Å². The Hall–Kier alpha value is -3.31. The summed E-state index contributed by atoms with van der Waals surface area (Å²) < 4.78 is 0. The predicted octanol–water partition coefficient (Wildman–Crippen LogP) is 5.12. The zero-order chi connectivity index (χ0) is 23.0. The zero-order valence-electron chi connectivity index (χ0n) is 18.5. The Balaban J connectivity index is 1.44. The molecule has 0 bridgehead atoms. The number of anilines is 1. The summed E-state index contributed by atoms with van der Waals surface area (Å²) in [5.41, 5.74) is 3.54. The fourth-order valence-corrected chi connectivity index (χ4v) is 4.42. The third-order valence-corrected chi connectivity index (χ3v) is 6.26. The average molecular weight is 462 g/mol. The zero-order valence-corrected chi connectivity index (χ0v) is 19.2. The van der Waals surface area contributed by atoms with E-state index in [9.17, 15) is 9.59 Å². The van der Waals surface area contributed by atoms with E-state index in [1.54, 1.807) is 24.3 Å². The molecule has 3 aromatic rings. The molecule has 170 valence electrons. The molecule has 0 radical (unpaired) electrons. The lowest BCUT2D eigenvalue weighted by Gasteiger charge is -2.22. The van der Waals surface area contributed by atoms with Gasteiger partial charge in [0.15, 0.2) is 0 Å². The van der Waals surface area contributed by atoms with Crippen LogP contribution in [0.15, 0.2) is 78.9 Å². The normalized spacial score (nSPS) is 14.0. The summed E-state index contributed by atoms with van der Waals surface area (Å²) in [6.07, 6.45) is 2.53. The summed E-state index contributed by atoms with van der Waals surface area (Å²) in [5.74, 6) is -0.429. The summed E-state index contributed by atoms with van der Waals surface area (Å²) in [6, 6.07) is 24.2. The lowest BCUT2D eigenvalue weighted by atomic mass is 10.0. The van der Waals surface area contributed by atoms with E-state index in [1.807, 2.05) is 42.5 Å². The maximum absolute atomic E-state index is 12.9. The van der Waals surface area contributed by atoms with Gasteiger partial charge in [-0.1, -0.05) is 72.3 Å². The van der Waals surface area contributed by atoms with Gasteiger partial charge in [-0.25, -0.2) is 0 Å². The fourth-order valence-electron chi connectivity index (χ4n) is 4.20. The maximum atomic E-state index is 12.9. The number of nitrogens with one attached hydrogen (secondary N) is 2. The molecule has 2 N–H and O–H groups in total. The Morgan fingerprint density at radius 2 is 1.55 bits per heavy atom. The molecule has 3 aromatic carbocycles. The molecule has 5 nitrogen and oxygen atoms in total. The number of rotatable bonds is 8. The Morgan fingerprint density at radius 3 is 2.30 bits per heavy atom. The number of nitrogens with zero attached hydrogens (tertiary/aromatic N) is 1. The summed E-state index contributed by atoms with van der Waals surface area (Å²) >= 11 is 6.20. The molecule has 1 heterocycles. The van der Waals surface area contributed by atoms with Crippen LogP contribution in [0.3, 0.4) is 0 Å². The minimum atomic E-state index is -0.469. The summed E-state index contributed by atoms with van der Waals surface area (Å²) in [6.45, 7) is 2.55. The van der Waals surface area contributed by atoms with Gasteiger partial charge in [-0.05, 0) is 42.2 Å². The van der Waals surface area contributed by atoms with E-state index in [0.29, 0.717) is 17.1 Å². The maximum Gasteiger partial charge on any atom is 0.253 e. The van der Waals surface area contributed by atoms with Gasteiger partial charge in [0.05, 0.1) is 23.0 Å². The van der Waals surface area contributed by atoms with Crippen molar-refractivity contribution >= 4 is 29.1 Å². The highest BCUT2D eigenvalue weighted by atomic mass is 35.5. The molecular formula is C27H28ClN3O2. The van der Waals surface area contributed by atoms with Crippen LogP contribution < -0.4 is 15.5 Å². The van der Waals surface area contributed by atoms with Crippen LogP contribution in [0.1, 0.15) is 46.8 Å². The van der Waals surface area contributed by atoms with Gasteiger partial charge in [-0.2, -0.15) is 0 Å². The molecule has 1 unspecified atom stereocenters. The molecule has 1 fully saturated rings. The van der Waals surface area contributed by atoms with Crippen LogP contribution in [-0.2, 0) is 11.3 Å². The van der Waals surface area contributed by atoms with Crippen molar-refractivity contribution in [1.29, 1.82) is 0 Å². The Morgan fingerprint density at radius 1 is 0.879 bits per heavy atom. The van der Waals surface area contributed by atoms with Crippen molar-refractivity contribution in [2.24, 2.45) is 0 Å². The molecule has 0 saturated carbocycles. The fraction of sp³-hybridized carbons (Fsp3) is 0.259. The molecule has 2 amide bonds. The molecule has 6 heteroatoms. The van der Waals surface area contributed by atoms with E-state index >= 15 is 0 Å². The summed E-state index contributed by atoms with van der Waals surface area (Å²) in [5, 5.41) is 6.41. The van der Waals surface area contributed by atoms with E-state index in [-0.39, 0.29) is 18.2 Å². The summed E-state index contributed by atoms with van der Waals surface area (Å²) in [4.78, 5) is 28.2. The highest BCUT2D eigenvalue weighted by molar-refractivity contribution is 6.33. The van der Waals surface area contributed by atoms with E-state index < -0.39 is 6.04 Å². The number of para-hydroxylation sites is 1. The topological polar surface area (TPSA) is 61.4 Å². The van der Waals surface area contributed by atoms with Gasteiger partial charge in [0.25, 0.3) is 5.91 Å².